The lowest BCUT2D eigenvalue weighted by Gasteiger charge is -2.29. The second-order valence-corrected chi connectivity index (χ2v) is 5.44. The number of imide groups is 1. The average molecular weight is 292 g/mol. The van der Waals surface area contributed by atoms with Crippen LogP contribution < -0.4 is 0 Å². The van der Waals surface area contributed by atoms with E-state index in [-0.39, 0.29) is 17.7 Å². The molecule has 21 heavy (non-hydrogen) atoms. The Hall–Kier alpha value is -2.11. The number of piperidine rings is 1. The molecule has 0 atom stereocenters. The van der Waals surface area contributed by atoms with Crippen molar-refractivity contribution >= 4 is 17.9 Å². The number of allylic oxidation sites excluding steroid dienone is 1. The highest BCUT2D eigenvalue weighted by atomic mass is 16.4. The van der Waals surface area contributed by atoms with Crippen molar-refractivity contribution in [2.75, 3.05) is 19.6 Å². The molecule has 0 saturated carbocycles. The van der Waals surface area contributed by atoms with E-state index in [4.69, 9.17) is 5.11 Å². The Morgan fingerprint density at radius 2 is 1.95 bits per heavy atom. The molecule has 2 rings (SSSR count). The normalized spacial score (nSPS) is 20.8. The maximum absolute atomic E-state index is 12.3. The Morgan fingerprint density at radius 1 is 1.29 bits per heavy atom. The molecular formula is C15H20N2O4. The molecule has 6 nitrogen and oxygen atoms in total. The molecule has 6 heteroatoms. The van der Waals surface area contributed by atoms with Crippen LogP contribution in [0.1, 0.15) is 26.2 Å². The molecule has 0 spiro atoms. The van der Waals surface area contributed by atoms with Gasteiger partial charge in [0, 0.05) is 25.2 Å². The summed E-state index contributed by atoms with van der Waals surface area (Å²) in [5.74, 6) is -0.315. The second kappa shape index (κ2) is 6.56. The fourth-order valence-electron chi connectivity index (χ4n) is 2.68. The zero-order chi connectivity index (χ0) is 15.4. The largest absolute Gasteiger partial charge is 0.465 e. The molecule has 114 valence electrons. The van der Waals surface area contributed by atoms with Crippen molar-refractivity contribution in [3.63, 3.8) is 0 Å². The van der Waals surface area contributed by atoms with Crippen molar-refractivity contribution in [3.8, 4) is 0 Å². The van der Waals surface area contributed by atoms with E-state index < -0.39 is 6.09 Å². The van der Waals surface area contributed by atoms with Gasteiger partial charge in [0.2, 0.25) is 0 Å². The van der Waals surface area contributed by atoms with Gasteiger partial charge in [0.15, 0.2) is 0 Å². The highest BCUT2D eigenvalue weighted by Gasteiger charge is 2.25. The number of carbonyl (C=O) groups is 3. The lowest BCUT2D eigenvalue weighted by molar-refractivity contribution is -0.139. The van der Waals surface area contributed by atoms with E-state index in [1.165, 1.54) is 15.9 Å². The maximum atomic E-state index is 12.3. The topological polar surface area (TPSA) is 77.9 Å². The molecule has 2 heterocycles. The van der Waals surface area contributed by atoms with E-state index in [0.29, 0.717) is 44.5 Å². The van der Waals surface area contributed by atoms with Crippen molar-refractivity contribution < 1.29 is 19.5 Å². The van der Waals surface area contributed by atoms with E-state index in [1.54, 1.807) is 13.0 Å². The molecule has 0 aromatic heterocycles. The summed E-state index contributed by atoms with van der Waals surface area (Å²) in [4.78, 5) is 37.4. The lowest BCUT2D eigenvalue weighted by Crippen LogP contribution is -2.39. The highest BCUT2D eigenvalue weighted by molar-refractivity contribution is 6.07. The third-order valence-corrected chi connectivity index (χ3v) is 3.92. The Kier molecular flexibility index (Phi) is 4.77. The van der Waals surface area contributed by atoms with Gasteiger partial charge in [-0.3, -0.25) is 14.5 Å². The van der Waals surface area contributed by atoms with Crippen molar-refractivity contribution in [1.29, 1.82) is 0 Å². The van der Waals surface area contributed by atoms with E-state index in [1.807, 2.05) is 6.08 Å². The minimum Gasteiger partial charge on any atom is -0.465 e. The van der Waals surface area contributed by atoms with Gasteiger partial charge >= 0.3 is 6.09 Å². The Morgan fingerprint density at radius 3 is 2.52 bits per heavy atom. The number of hydrogen-bond donors (Lipinski definition) is 1. The van der Waals surface area contributed by atoms with Gasteiger partial charge in [-0.15, -0.1) is 0 Å². The van der Waals surface area contributed by atoms with Gasteiger partial charge in [0.05, 0.1) is 0 Å². The van der Waals surface area contributed by atoms with Crippen LogP contribution in [0.2, 0.25) is 0 Å². The van der Waals surface area contributed by atoms with E-state index >= 15 is 0 Å². The van der Waals surface area contributed by atoms with Gasteiger partial charge in [-0.25, -0.2) is 4.79 Å². The molecule has 3 amide bonds. The summed E-state index contributed by atoms with van der Waals surface area (Å²) in [5, 5.41) is 8.90. The molecule has 1 fully saturated rings. The zero-order valence-corrected chi connectivity index (χ0v) is 12.1. The molecule has 0 aromatic carbocycles. The Bertz CT molecular complexity index is 502. The van der Waals surface area contributed by atoms with Crippen molar-refractivity contribution in [1.82, 2.24) is 9.80 Å². The molecule has 0 radical (unpaired) electrons. The molecule has 0 unspecified atom stereocenters. The predicted molar refractivity (Wildman–Crippen MR) is 76.6 cm³/mol. The van der Waals surface area contributed by atoms with Gasteiger partial charge in [-0.1, -0.05) is 12.2 Å². The monoisotopic (exact) mass is 292 g/mol. The smallest absolute Gasteiger partial charge is 0.407 e. The number of likely N-dealkylation sites (tertiary alicyclic amines) is 1. The molecule has 0 bridgehead atoms. The summed E-state index contributed by atoms with van der Waals surface area (Å²) in [6, 6.07) is 0. The van der Waals surface area contributed by atoms with Crippen LogP contribution in [0.25, 0.3) is 0 Å². The van der Waals surface area contributed by atoms with Crippen molar-refractivity contribution in [2.24, 2.45) is 5.92 Å². The van der Waals surface area contributed by atoms with Crippen molar-refractivity contribution in [3.05, 3.63) is 23.8 Å². The number of rotatable bonds is 2. The van der Waals surface area contributed by atoms with Crippen LogP contribution in [0.15, 0.2) is 23.8 Å². The minimum atomic E-state index is -0.893. The van der Waals surface area contributed by atoms with Gasteiger partial charge in [0.1, 0.15) is 0 Å². The fraction of sp³-hybridized carbons (Fsp3) is 0.533. The van der Waals surface area contributed by atoms with E-state index in [0.717, 1.165) is 0 Å². The minimum absolute atomic E-state index is 0.194. The first kappa shape index (κ1) is 15.3. The van der Waals surface area contributed by atoms with Crippen molar-refractivity contribution in [2.45, 2.75) is 26.2 Å². The zero-order valence-electron chi connectivity index (χ0n) is 12.1. The van der Waals surface area contributed by atoms with Gasteiger partial charge in [-0.2, -0.15) is 0 Å². The van der Waals surface area contributed by atoms with Gasteiger partial charge in [-0.05, 0) is 38.2 Å². The fourth-order valence-corrected chi connectivity index (χ4v) is 2.68. The average Bonchev–Trinajstić information content (AvgIpc) is 2.47. The summed E-state index contributed by atoms with van der Waals surface area (Å²) >= 11 is 0. The number of amides is 3. The molecule has 1 saturated heterocycles. The number of carbonyl (C=O) groups excluding carboxylic acids is 2. The van der Waals surface area contributed by atoms with Crippen LogP contribution in [-0.2, 0) is 9.59 Å². The van der Waals surface area contributed by atoms with Crippen LogP contribution in [0.5, 0.6) is 0 Å². The first-order chi connectivity index (χ1) is 9.99. The van der Waals surface area contributed by atoms with E-state index in [9.17, 15) is 14.4 Å². The van der Waals surface area contributed by atoms with Gasteiger partial charge in [0.25, 0.3) is 11.8 Å². The molecule has 0 aromatic rings. The maximum Gasteiger partial charge on any atom is 0.407 e. The number of hydrogen-bond acceptors (Lipinski definition) is 3. The molecular weight excluding hydrogens is 272 g/mol. The van der Waals surface area contributed by atoms with Crippen LogP contribution in [0, 0.1) is 5.92 Å². The lowest BCUT2D eigenvalue weighted by atomic mass is 9.94. The number of nitrogens with zero attached hydrogens (tertiary/aromatic N) is 2. The first-order valence-electron chi connectivity index (χ1n) is 7.17. The summed E-state index contributed by atoms with van der Waals surface area (Å²) in [7, 11) is 0. The van der Waals surface area contributed by atoms with E-state index in [2.05, 4.69) is 0 Å². The third-order valence-electron chi connectivity index (χ3n) is 3.92. The Balaban J connectivity index is 1.95. The Labute approximate surface area is 123 Å². The highest BCUT2D eigenvalue weighted by Crippen LogP contribution is 2.21. The van der Waals surface area contributed by atoms with Crippen LogP contribution in [0.3, 0.4) is 0 Å². The summed E-state index contributed by atoms with van der Waals surface area (Å²) in [5.41, 5.74) is 0.562. The summed E-state index contributed by atoms with van der Waals surface area (Å²) in [6.45, 7) is 3.13. The summed E-state index contributed by atoms with van der Waals surface area (Å²) in [6.07, 6.45) is 6.31. The standard InChI is InChI=1S/C15H20N2O4/c1-11(14(19)17-7-3-2-4-13(17)18)10-12-5-8-16(9-6-12)15(20)21/h2,4,10,12H,3,5-9H2,1H3,(H,20,21)/b11-10+. The number of carboxylic acid groups (broad SMARTS) is 1. The SMILES string of the molecule is C/C(=C\C1CCN(C(=O)O)CC1)C(=O)N1CCC=CC1=O. The van der Waals surface area contributed by atoms with Crippen LogP contribution >= 0.6 is 0 Å². The third kappa shape index (κ3) is 3.71. The first-order valence-corrected chi connectivity index (χ1v) is 7.17. The molecule has 2 aliphatic heterocycles. The van der Waals surface area contributed by atoms with Crippen LogP contribution in [-0.4, -0.2) is 52.4 Å². The predicted octanol–water partition coefficient (Wildman–Crippen LogP) is 1.64. The quantitative estimate of drug-likeness (QED) is 0.785. The second-order valence-electron chi connectivity index (χ2n) is 5.44. The van der Waals surface area contributed by atoms with Crippen LogP contribution in [0.4, 0.5) is 4.79 Å². The molecule has 2 aliphatic rings. The molecule has 0 aliphatic carbocycles. The summed E-state index contributed by atoms with van der Waals surface area (Å²) < 4.78 is 0. The van der Waals surface area contributed by atoms with Gasteiger partial charge < -0.3 is 10.0 Å². The molecule has 1 N–H and O–H groups in total.